The number of hydrogen-bond acceptors (Lipinski definition) is 4. The van der Waals surface area contributed by atoms with Gasteiger partial charge < -0.3 is 15.8 Å². The minimum Gasteiger partial charge on any atom is -0.480 e. The van der Waals surface area contributed by atoms with Crippen molar-refractivity contribution in [2.24, 2.45) is 5.92 Å². The molecule has 0 aliphatic heterocycles. The molecule has 1 saturated carbocycles. The number of nitrogens with two attached hydrogens (primary N) is 1. The number of hydrogen-bond donors (Lipinski definition) is 2. The summed E-state index contributed by atoms with van der Waals surface area (Å²) >= 11 is 2.04. The second-order valence-corrected chi connectivity index (χ2v) is 5.69. The molecule has 0 aromatic heterocycles. The van der Waals surface area contributed by atoms with E-state index < -0.39 is 0 Å². The van der Waals surface area contributed by atoms with Crippen LogP contribution in [0.15, 0.2) is 12.1 Å². The number of ether oxygens (including phenoxy) is 1. The molecule has 0 unspecified atom stereocenters. The fourth-order valence-electron chi connectivity index (χ4n) is 1.60. The minimum atomic E-state index is -0.147. The number of halogens is 1. The molecule has 1 aromatic carbocycles. The van der Waals surface area contributed by atoms with E-state index in [9.17, 15) is 4.79 Å². The predicted octanol–water partition coefficient (Wildman–Crippen LogP) is 1.65. The van der Waals surface area contributed by atoms with Gasteiger partial charge in [-0.3, -0.25) is 4.79 Å². The van der Waals surface area contributed by atoms with Crippen LogP contribution in [0.5, 0.6) is 5.75 Å². The van der Waals surface area contributed by atoms with Crippen molar-refractivity contribution in [1.29, 1.82) is 5.26 Å². The van der Waals surface area contributed by atoms with Gasteiger partial charge in [0.25, 0.3) is 5.91 Å². The molecule has 6 heteroatoms. The Hall–Kier alpha value is -1.49. The van der Waals surface area contributed by atoms with Crippen LogP contribution in [0.3, 0.4) is 0 Å². The summed E-state index contributed by atoms with van der Waals surface area (Å²) in [5.41, 5.74) is 6.66. The van der Waals surface area contributed by atoms with Crippen molar-refractivity contribution in [2.75, 3.05) is 18.9 Å². The third-order valence-corrected chi connectivity index (χ3v) is 3.64. The first-order chi connectivity index (χ1) is 9.10. The summed E-state index contributed by atoms with van der Waals surface area (Å²) in [6.45, 7) is 0.668. The van der Waals surface area contributed by atoms with E-state index in [0.29, 0.717) is 22.9 Å². The maximum atomic E-state index is 11.6. The van der Waals surface area contributed by atoms with Crippen molar-refractivity contribution in [3.63, 3.8) is 0 Å². The number of amides is 1. The molecule has 0 atom stereocenters. The van der Waals surface area contributed by atoms with Crippen molar-refractivity contribution >= 4 is 34.2 Å². The molecule has 2 rings (SSSR count). The number of nitriles is 1. The van der Waals surface area contributed by atoms with Crippen molar-refractivity contribution < 1.29 is 9.53 Å². The molecule has 100 valence electrons. The van der Waals surface area contributed by atoms with Crippen LogP contribution in [0.4, 0.5) is 5.69 Å². The monoisotopic (exact) mass is 371 g/mol. The molecule has 3 N–H and O–H groups in total. The zero-order chi connectivity index (χ0) is 13.8. The Morgan fingerprint density at radius 2 is 2.32 bits per heavy atom. The van der Waals surface area contributed by atoms with Gasteiger partial charge in [0.05, 0.1) is 20.9 Å². The highest BCUT2D eigenvalue weighted by Crippen LogP contribution is 2.29. The lowest BCUT2D eigenvalue weighted by Crippen LogP contribution is -2.30. The van der Waals surface area contributed by atoms with Gasteiger partial charge in [0, 0.05) is 6.54 Å². The number of rotatable bonds is 5. The Labute approximate surface area is 125 Å². The quantitative estimate of drug-likeness (QED) is 0.609. The van der Waals surface area contributed by atoms with Crippen LogP contribution < -0.4 is 15.8 Å². The van der Waals surface area contributed by atoms with Gasteiger partial charge in [-0.15, -0.1) is 0 Å². The van der Waals surface area contributed by atoms with Crippen LogP contribution in [-0.4, -0.2) is 19.1 Å². The number of benzene rings is 1. The molecule has 0 bridgehead atoms. The van der Waals surface area contributed by atoms with Crippen molar-refractivity contribution in [3.8, 4) is 11.8 Å². The molecule has 0 saturated heterocycles. The highest BCUT2D eigenvalue weighted by Gasteiger charge is 2.21. The van der Waals surface area contributed by atoms with Gasteiger partial charge in [0.1, 0.15) is 0 Å². The number of nitrogens with one attached hydrogen (secondary N) is 1. The van der Waals surface area contributed by atoms with E-state index in [4.69, 9.17) is 15.7 Å². The maximum absolute atomic E-state index is 11.6. The Balaban J connectivity index is 1.91. The Morgan fingerprint density at radius 1 is 1.58 bits per heavy atom. The normalized spacial score (nSPS) is 13.7. The summed E-state index contributed by atoms with van der Waals surface area (Å²) in [5, 5.41) is 11.6. The van der Waals surface area contributed by atoms with E-state index in [-0.39, 0.29) is 12.5 Å². The Kier molecular flexibility index (Phi) is 4.47. The second-order valence-electron chi connectivity index (χ2n) is 4.52. The van der Waals surface area contributed by atoms with Crippen LogP contribution in [0.25, 0.3) is 0 Å². The summed E-state index contributed by atoms with van der Waals surface area (Å²) in [7, 11) is 0. The van der Waals surface area contributed by atoms with Crippen molar-refractivity contribution in [1.82, 2.24) is 5.32 Å². The van der Waals surface area contributed by atoms with Gasteiger partial charge in [-0.2, -0.15) is 5.26 Å². The number of nitrogens with zero attached hydrogens (tertiary/aromatic N) is 1. The highest BCUT2D eigenvalue weighted by atomic mass is 127. The predicted molar refractivity (Wildman–Crippen MR) is 79.5 cm³/mol. The zero-order valence-electron chi connectivity index (χ0n) is 10.3. The highest BCUT2D eigenvalue weighted by molar-refractivity contribution is 14.1. The molecule has 1 aliphatic carbocycles. The molecule has 1 fully saturated rings. The molecule has 0 radical (unpaired) electrons. The van der Waals surface area contributed by atoms with E-state index >= 15 is 0 Å². The van der Waals surface area contributed by atoms with E-state index in [1.807, 2.05) is 28.7 Å². The molecule has 0 spiro atoms. The van der Waals surface area contributed by atoms with Crippen LogP contribution in [0.2, 0.25) is 0 Å². The SMILES string of the molecule is N#Cc1cc(N)c(OCC(=O)NCC2CC2)c(I)c1. The molecule has 1 amide bonds. The third-order valence-electron chi connectivity index (χ3n) is 2.83. The van der Waals surface area contributed by atoms with Gasteiger partial charge >= 0.3 is 0 Å². The third kappa shape index (κ3) is 3.99. The zero-order valence-corrected chi connectivity index (χ0v) is 12.4. The number of carbonyl (C=O) groups is 1. The van der Waals surface area contributed by atoms with Crippen molar-refractivity contribution in [2.45, 2.75) is 12.8 Å². The summed E-state index contributed by atoms with van der Waals surface area (Å²) in [5.74, 6) is 0.955. The lowest BCUT2D eigenvalue weighted by atomic mass is 10.2. The summed E-state index contributed by atoms with van der Waals surface area (Å²) in [6.07, 6.45) is 2.39. The standard InChI is InChI=1S/C13H14IN3O2/c14-10-3-9(5-15)4-11(16)13(10)19-7-12(18)17-6-8-1-2-8/h3-4,8H,1-2,6-7,16H2,(H,17,18). The average Bonchev–Trinajstić information content (AvgIpc) is 3.19. The maximum Gasteiger partial charge on any atom is 0.257 e. The van der Waals surface area contributed by atoms with Gasteiger partial charge in [-0.05, 0) is 53.5 Å². The topological polar surface area (TPSA) is 88.1 Å². The molecule has 5 nitrogen and oxygen atoms in total. The van der Waals surface area contributed by atoms with Gasteiger partial charge in [-0.1, -0.05) is 0 Å². The minimum absolute atomic E-state index is 0.0567. The molecule has 1 aliphatic rings. The second kappa shape index (κ2) is 6.10. The van der Waals surface area contributed by atoms with Crippen LogP contribution in [-0.2, 0) is 4.79 Å². The van der Waals surface area contributed by atoms with Crippen LogP contribution in [0, 0.1) is 20.8 Å². The van der Waals surface area contributed by atoms with Gasteiger partial charge in [0.15, 0.2) is 12.4 Å². The lowest BCUT2D eigenvalue weighted by molar-refractivity contribution is -0.123. The fourth-order valence-corrected chi connectivity index (χ4v) is 2.40. The Bertz CT molecular complexity index is 512. The number of carbonyl (C=O) groups excluding carboxylic acids is 1. The smallest absolute Gasteiger partial charge is 0.257 e. The summed E-state index contributed by atoms with van der Waals surface area (Å²) in [6, 6.07) is 5.24. The van der Waals surface area contributed by atoms with Gasteiger partial charge in [0.2, 0.25) is 0 Å². The van der Waals surface area contributed by atoms with E-state index in [1.54, 1.807) is 12.1 Å². The largest absolute Gasteiger partial charge is 0.480 e. The molecule has 1 aromatic rings. The molecule has 0 heterocycles. The summed E-state index contributed by atoms with van der Waals surface area (Å²) in [4.78, 5) is 11.6. The van der Waals surface area contributed by atoms with E-state index in [2.05, 4.69) is 5.32 Å². The first kappa shape index (κ1) is 13.9. The molecule has 19 heavy (non-hydrogen) atoms. The van der Waals surface area contributed by atoms with E-state index in [1.165, 1.54) is 12.8 Å². The molecular formula is C13H14IN3O2. The summed E-state index contributed by atoms with van der Waals surface area (Å²) < 4.78 is 6.15. The molecular weight excluding hydrogens is 357 g/mol. The average molecular weight is 371 g/mol. The number of nitrogen functional groups attached to an aromatic ring is 1. The lowest BCUT2D eigenvalue weighted by Gasteiger charge is -2.11. The van der Waals surface area contributed by atoms with Gasteiger partial charge in [-0.25, -0.2) is 0 Å². The first-order valence-electron chi connectivity index (χ1n) is 5.98. The van der Waals surface area contributed by atoms with E-state index in [0.717, 1.165) is 10.1 Å². The van der Waals surface area contributed by atoms with Crippen LogP contribution >= 0.6 is 22.6 Å². The first-order valence-corrected chi connectivity index (χ1v) is 7.06. The Morgan fingerprint density at radius 3 is 2.89 bits per heavy atom. The number of anilines is 1. The fraction of sp³-hybridized carbons (Fsp3) is 0.385. The van der Waals surface area contributed by atoms with Crippen molar-refractivity contribution in [3.05, 3.63) is 21.3 Å². The van der Waals surface area contributed by atoms with Crippen LogP contribution in [0.1, 0.15) is 18.4 Å².